The summed E-state index contributed by atoms with van der Waals surface area (Å²) in [5.41, 5.74) is 3.07. The van der Waals surface area contributed by atoms with Gasteiger partial charge in [0.05, 0.1) is 17.3 Å². The normalized spacial score (nSPS) is 18.6. The van der Waals surface area contributed by atoms with Crippen LogP contribution in [0.4, 0.5) is 0 Å². The Hall–Kier alpha value is -1.87. The van der Waals surface area contributed by atoms with Gasteiger partial charge in [-0.3, -0.25) is 4.79 Å². The molecule has 0 bridgehead atoms. The number of hydrogen-bond acceptors (Lipinski definition) is 7. The Balaban J connectivity index is 1.63. The molecule has 27 heavy (non-hydrogen) atoms. The maximum Gasteiger partial charge on any atom is 0.277 e. The fraction of sp³-hybridized carbons (Fsp3) is 0.500. The first-order valence-electron chi connectivity index (χ1n) is 8.82. The molecular weight excluding hydrogens is 386 g/mol. The first-order valence-corrected chi connectivity index (χ1v) is 11.6. The number of sulfone groups is 1. The second-order valence-electron chi connectivity index (χ2n) is 6.77. The van der Waals surface area contributed by atoms with Crippen molar-refractivity contribution in [2.75, 3.05) is 23.8 Å². The molecule has 0 radical (unpaired) electrons. The smallest absolute Gasteiger partial charge is 0.277 e. The number of rotatable bonds is 6. The number of aryl methyl sites for hydroxylation is 2. The molecule has 9 heteroatoms. The van der Waals surface area contributed by atoms with Gasteiger partial charge in [0.15, 0.2) is 9.84 Å². The van der Waals surface area contributed by atoms with Crippen molar-refractivity contribution in [3.05, 3.63) is 29.3 Å². The highest BCUT2D eigenvalue weighted by molar-refractivity contribution is 7.99. The van der Waals surface area contributed by atoms with Crippen molar-refractivity contribution < 1.29 is 17.6 Å². The van der Waals surface area contributed by atoms with Gasteiger partial charge >= 0.3 is 0 Å². The first kappa shape index (κ1) is 19.9. The second kappa shape index (κ2) is 8.02. The Labute approximate surface area is 163 Å². The van der Waals surface area contributed by atoms with E-state index in [1.165, 1.54) is 11.8 Å². The molecule has 1 aromatic carbocycles. The topological polar surface area (TPSA) is 93.4 Å². The van der Waals surface area contributed by atoms with E-state index in [0.29, 0.717) is 24.1 Å². The van der Waals surface area contributed by atoms with Crippen molar-refractivity contribution in [2.45, 2.75) is 38.5 Å². The lowest BCUT2D eigenvalue weighted by molar-refractivity contribution is -0.129. The SMILES string of the molecule is CCN(C(=O)CSc1nnc(-c2cc(C)cc(C)c2)o1)[C@H]1CCS(=O)(=O)C1. The summed E-state index contributed by atoms with van der Waals surface area (Å²) < 4.78 is 29.0. The van der Waals surface area contributed by atoms with Crippen molar-refractivity contribution >= 4 is 27.5 Å². The van der Waals surface area contributed by atoms with Gasteiger partial charge in [0, 0.05) is 18.2 Å². The summed E-state index contributed by atoms with van der Waals surface area (Å²) in [6.45, 7) is 6.35. The van der Waals surface area contributed by atoms with E-state index in [4.69, 9.17) is 4.42 Å². The molecule has 7 nitrogen and oxygen atoms in total. The zero-order chi connectivity index (χ0) is 19.6. The van der Waals surface area contributed by atoms with Crippen LogP contribution in [-0.4, -0.2) is 59.3 Å². The predicted molar refractivity (Wildman–Crippen MR) is 104 cm³/mol. The van der Waals surface area contributed by atoms with E-state index in [1.54, 1.807) is 4.90 Å². The van der Waals surface area contributed by atoms with Crippen LogP contribution in [0.1, 0.15) is 24.5 Å². The van der Waals surface area contributed by atoms with Gasteiger partial charge in [0.25, 0.3) is 5.22 Å². The highest BCUT2D eigenvalue weighted by atomic mass is 32.2. The molecule has 3 rings (SSSR count). The van der Waals surface area contributed by atoms with E-state index in [1.807, 2.05) is 32.9 Å². The molecule has 1 atom stereocenters. The molecule has 1 aliphatic heterocycles. The third kappa shape index (κ3) is 4.90. The summed E-state index contributed by atoms with van der Waals surface area (Å²) in [6.07, 6.45) is 0.504. The standard InChI is InChI=1S/C18H23N3O4S2/c1-4-21(15-5-6-27(23,24)11-15)16(22)10-26-18-20-19-17(25-18)14-8-12(2)7-13(3)9-14/h7-9,15H,4-6,10-11H2,1-3H3/t15-/m0/s1. The van der Waals surface area contributed by atoms with Crippen LogP contribution in [-0.2, 0) is 14.6 Å². The zero-order valence-electron chi connectivity index (χ0n) is 15.6. The average molecular weight is 410 g/mol. The maximum atomic E-state index is 12.5. The lowest BCUT2D eigenvalue weighted by Gasteiger charge is -2.26. The molecule has 1 aliphatic rings. The predicted octanol–water partition coefficient (Wildman–Crippen LogP) is 2.48. The van der Waals surface area contributed by atoms with Crippen molar-refractivity contribution in [2.24, 2.45) is 0 Å². The summed E-state index contributed by atoms with van der Waals surface area (Å²) in [6, 6.07) is 5.77. The first-order chi connectivity index (χ1) is 12.8. The van der Waals surface area contributed by atoms with Gasteiger partial charge in [0.1, 0.15) is 0 Å². The van der Waals surface area contributed by atoms with Crippen molar-refractivity contribution in [3.8, 4) is 11.5 Å². The molecule has 1 saturated heterocycles. The molecular formula is C18H23N3O4S2. The van der Waals surface area contributed by atoms with E-state index in [2.05, 4.69) is 16.3 Å². The Morgan fingerprint density at radius 2 is 1.96 bits per heavy atom. The third-order valence-electron chi connectivity index (χ3n) is 4.50. The Morgan fingerprint density at radius 1 is 1.26 bits per heavy atom. The molecule has 0 unspecified atom stereocenters. The summed E-state index contributed by atoms with van der Waals surface area (Å²) in [5, 5.41) is 8.40. The maximum absolute atomic E-state index is 12.5. The lowest BCUT2D eigenvalue weighted by atomic mass is 10.1. The average Bonchev–Trinajstić information content (AvgIpc) is 3.19. The van der Waals surface area contributed by atoms with E-state index in [0.717, 1.165) is 16.7 Å². The summed E-state index contributed by atoms with van der Waals surface area (Å²) >= 11 is 1.17. The number of benzene rings is 1. The molecule has 1 amide bonds. The molecule has 2 aromatic rings. The number of hydrogen-bond donors (Lipinski definition) is 0. The van der Waals surface area contributed by atoms with Crippen LogP contribution in [0.15, 0.2) is 27.8 Å². The highest BCUT2D eigenvalue weighted by Gasteiger charge is 2.33. The van der Waals surface area contributed by atoms with Crippen LogP contribution < -0.4 is 0 Å². The van der Waals surface area contributed by atoms with E-state index >= 15 is 0 Å². The zero-order valence-corrected chi connectivity index (χ0v) is 17.3. The number of nitrogens with zero attached hydrogens (tertiary/aromatic N) is 3. The fourth-order valence-electron chi connectivity index (χ4n) is 3.35. The van der Waals surface area contributed by atoms with Crippen molar-refractivity contribution in [1.82, 2.24) is 15.1 Å². The fourth-order valence-corrected chi connectivity index (χ4v) is 5.73. The minimum atomic E-state index is -3.03. The molecule has 0 aliphatic carbocycles. The number of carbonyl (C=O) groups is 1. The van der Waals surface area contributed by atoms with Gasteiger partial charge in [0.2, 0.25) is 11.8 Å². The molecule has 1 fully saturated rings. The molecule has 0 spiro atoms. The number of carbonyl (C=O) groups excluding carboxylic acids is 1. The van der Waals surface area contributed by atoms with Crippen molar-refractivity contribution in [1.29, 1.82) is 0 Å². The van der Waals surface area contributed by atoms with Gasteiger partial charge in [-0.2, -0.15) is 0 Å². The molecule has 0 N–H and O–H groups in total. The molecule has 2 heterocycles. The van der Waals surface area contributed by atoms with Crippen LogP contribution in [0.3, 0.4) is 0 Å². The van der Waals surface area contributed by atoms with Gasteiger partial charge in [-0.15, -0.1) is 10.2 Å². The highest BCUT2D eigenvalue weighted by Crippen LogP contribution is 2.26. The molecule has 1 aromatic heterocycles. The number of thioether (sulfide) groups is 1. The lowest BCUT2D eigenvalue weighted by Crippen LogP contribution is -2.41. The second-order valence-corrected chi connectivity index (χ2v) is 9.93. The Bertz CT molecular complexity index is 920. The Kier molecular flexibility index (Phi) is 5.90. The van der Waals surface area contributed by atoms with Gasteiger partial charge < -0.3 is 9.32 Å². The summed E-state index contributed by atoms with van der Waals surface area (Å²) in [5.74, 6) is 0.645. The number of aromatic nitrogens is 2. The van der Waals surface area contributed by atoms with E-state index in [-0.39, 0.29) is 29.2 Å². The summed E-state index contributed by atoms with van der Waals surface area (Å²) in [7, 11) is -3.03. The molecule has 0 saturated carbocycles. The van der Waals surface area contributed by atoms with Gasteiger partial charge in [-0.25, -0.2) is 8.42 Å². The summed E-state index contributed by atoms with van der Waals surface area (Å²) in [4.78, 5) is 14.2. The van der Waals surface area contributed by atoms with Gasteiger partial charge in [-0.1, -0.05) is 29.0 Å². The van der Waals surface area contributed by atoms with Crippen molar-refractivity contribution in [3.63, 3.8) is 0 Å². The van der Waals surface area contributed by atoms with Crippen LogP contribution in [0.5, 0.6) is 0 Å². The van der Waals surface area contributed by atoms with Crippen LogP contribution >= 0.6 is 11.8 Å². The van der Waals surface area contributed by atoms with Gasteiger partial charge in [-0.05, 0) is 39.3 Å². The van der Waals surface area contributed by atoms with E-state index < -0.39 is 9.84 Å². The largest absolute Gasteiger partial charge is 0.411 e. The van der Waals surface area contributed by atoms with Crippen LogP contribution in [0.2, 0.25) is 0 Å². The Morgan fingerprint density at radius 3 is 2.56 bits per heavy atom. The van der Waals surface area contributed by atoms with Crippen LogP contribution in [0, 0.1) is 13.8 Å². The quantitative estimate of drug-likeness (QED) is 0.677. The van der Waals surface area contributed by atoms with E-state index in [9.17, 15) is 13.2 Å². The minimum absolute atomic E-state index is 0.0503. The number of amides is 1. The van der Waals surface area contributed by atoms with Crippen LogP contribution in [0.25, 0.3) is 11.5 Å². The molecule has 146 valence electrons. The third-order valence-corrected chi connectivity index (χ3v) is 7.06. The minimum Gasteiger partial charge on any atom is -0.411 e. The monoisotopic (exact) mass is 409 g/mol.